The minimum atomic E-state index is -0.783. The summed E-state index contributed by atoms with van der Waals surface area (Å²) in [7, 11) is 0. The number of anilines is 4. The van der Waals surface area contributed by atoms with E-state index in [4.69, 9.17) is 15.6 Å². The molecular formula is C27H35FN8O. The molecule has 0 radical (unpaired) electrons. The zero-order valence-corrected chi connectivity index (χ0v) is 21.9. The summed E-state index contributed by atoms with van der Waals surface area (Å²) in [5.74, 6) is 1.02. The highest BCUT2D eigenvalue weighted by Crippen LogP contribution is 2.44. The van der Waals surface area contributed by atoms with Gasteiger partial charge >= 0.3 is 0 Å². The summed E-state index contributed by atoms with van der Waals surface area (Å²) in [4.78, 5) is 13.1. The Morgan fingerprint density at radius 2 is 1.97 bits per heavy atom. The number of hydrogen-bond acceptors (Lipinski definition) is 8. The molecule has 3 aliphatic heterocycles. The summed E-state index contributed by atoms with van der Waals surface area (Å²) in [6.07, 6.45) is 6.16. The highest BCUT2D eigenvalue weighted by molar-refractivity contribution is 6.16. The highest BCUT2D eigenvalue weighted by atomic mass is 19.1. The van der Waals surface area contributed by atoms with E-state index in [0.29, 0.717) is 41.4 Å². The Bertz CT molecular complexity index is 1280. The van der Waals surface area contributed by atoms with Crippen LogP contribution in [0.5, 0.6) is 5.75 Å². The molecule has 3 atom stereocenters. The molecule has 4 aliphatic rings. The predicted molar refractivity (Wildman–Crippen MR) is 143 cm³/mol. The molecule has 1 saturated carbocycles. The fraction of sp³-hybridized carbons (Fsp3) is 0.556. The van der Waals surface area contributed by atoms with E-state index < -0.39 is 11.4 Å². The Morgan fingerprint density at radius 1 is 1.19 bits per heavy atom. The standard InChI is InChI=1S/C27H35FN8O/c1-26(2)13-16(10-17-6-5-9-35(17)26)32-23-18(28)14-31-25(34-23)33-15-7-8-22-21(11-15)36(20-12-19(20)29)24(30)27(3,4)37-22/h7-8,11,14,16-17,20,29-30H,5-6,9-10,12-13H2,1-4H3,(H2,31,32,33,34). The number of amidine groups is 1. The van der Waals surface area contributed by atoms with Crippen molar-refractivity contribution in [2.75, 3.05) is 22.1 Å². The van der Waals surface area contributed by atoms with Crippen LogP contribution in [0.2, 0.25) is 0 Å². The number of ether oxygens (including phenoxy) is 1. The van der Waals surface area contributed by atoms with Gasteiger partial charge in [-0.05, 0) is 78.1 Å². The topological polar surface area (TPSA) is 113 Å². The number of aromatic nitrogens is 2. The lowest BCUT2D eigenvalue weighted by molar-refractivity contribution is 0.0500. The molecule has 2 saturated heterocycles. The second kappa shape index (κ2) is 8.37. The van der Waals surface area contributed by atoms with Crippen LogP contribution in [0.1, 0.15) is 59.8 Å². The molecule has 6 rings (SSSR count). The molecule has 1 aliphatic carbocycles. The number of benzene rings is 1. The quantitative estimate of drug-likeness (QED) is 0.455. The van der Waals surface area contributed by atoms with E-state index in [1.165, 1.54) is 19.0 Å². The van der Waals surface area contributed by atoms with Crippen LogP contribution in [0.4, 0.5) is 27.5 Å². The summed E-state index contributed by atoms with van der Waals surface area (Å²) in [5, 5.41) is 23.3. The van der Waals surface area contributed by atoms with Crippen molar-refractivity contribution in [3.8, 4) is 5.75 Å². The van der Waals surface area contributed by atoms with Crippen LogP contribution in [-0.4, -0.2) is 62.2 Å². The van der Waals surface area contributed by atoms with Gasteiger partial charge in [0.15, 0.2) is 17.2 Å². The molecular weight excluding hydrogens is 471 g/mol. The Balaban J connectivity index is 1.23. The van der Waals surface area contributed by atoms with Gasteiger partial charge in [-0.1, -0.05) is 0 Å². The van der Waals surface area contributed by atoms with E-state index in [2.05, 4.69) is 39.3 Å². The smallest absolute Gasteiger partial charge is 0.229 e. The first-order chi connectivity index (χ1) is 17.5. The molecule has 0 amide bonds. The van der Waals surface area contributed by atoms with Gasteiger partial charge in [-0.25, -0.2) is 9.37 Å². The monoisotopic (exact) mass is 506 g/mol. The third kappa shape index (κ3) is 4.31. The van der Waals surface area contributed by atoms with Gasteiger partial charge in [0.2, 0.25) is 5.95 Å². The van der Waals surface area contributed by atoms with Crippen molar-refractivity contribution in [1.29, 1.82) is 10.8 Å². The highest BCUT2D eigenvalue weighted by Gasteiger charge is 2.47. The van der Waals surface area contributed by atoms with E-state index in [-0.39, 0.29) is 23.4 Å². The molecule has 0 spiro atoms. The molecule has 10 heteroatoms. The first kappa shape index (κ1) is 24.1. The number of hydrogen-bond donors (Lipinski definition) is 4. The molecule has 4 heterocycles. The fourth-order valence-corrected chi connectivity index (χ4v) is 6.29. The van der Waals surface area contributed by atoms with Crippen molar-refractivity contribution < 1.29 is 9.13 Å². The van der Waals surface area contributed by atoms with Gasteiger partial charge in [0.05, 0.1) is 17.9 Å². The Kier molecular flexibility index (Phi) is 5.45. The van der Waals surface area contributed by atoms with Gasteiger partial charge in [-0.3, -0.25) is 10.3 Å². The summed E-state index contributed by atoms with van der Waals surface area (Å²) in [5.41, 5.74) is 1.32. The van der Waals surface area contributed by atoms with E-state index in [0.717, 1.165) is 25.1 Å². The number of rotatable bonds is 5. The second-order valence-electron chi connectivity index (χ2n) is 11.9. The summed E-state index contributed by atoms with van der Waals surface area (Å²) in [6, 6.07) is 6.15. The Morgan fingerprint density at radius 3 is 2.73 bits per heavy atom. The minimum absolute atomic E-state index is 0.0684. The molecule has 4 N–H and O–H groups in total. The van der Waals surface area contributed by atoms with Crippen molar-refractivity contribution in [2.24, 2.45) is 0 Å². The number of fused-ring (bicyclic) bond motifs is 2. The normalized spacial score (nSPS) is 27.8. The molecule has 2 aromatic rings. The average Bonchev–Trinajstić information content (AvgIpc) is 3.32. The van der Waals surface area contributed by atoms with Crippen LogP contribution in [0, 0.1) is 16.6 Å². The number of piperidine rings is 1. The number of nitrogens with one attached hydrogen (secondary N) is 4. The van der Waals surface area contributed by atoms with Gasteiger partial charge in [0.1, 0.15) is 11.6 Å². The van der Waals surface area contributed by atoms with E-state index in [1.807, 2.05) is 36.9 Å². The van der Waals surface area contributed by atoms with Crippen LogP contribution in [0.25, 0.3) is 0 Å². The molecule has 0 bridgehead atoms. The first-order valence-corrected chi connectivity index (χ1v) is 13.1. The van der Waals surface area contributed by atoms with E-state index in [1.54, 1.807) is 0 Å². The summed E-state index contributed by atoms with van der Waals surface area (Å²) >= 11 is 0. The minimum Gasteiger partial charge on any atom is -0.478 e. The van der Waals surface area contributed by atoms with Gasteiger partial charge in [-0.2, -0.15) is 4.98 Å². The largest absolute Gasteiger partial charge is 0.478 e. The SMILES string of the molecule is CC1(C)Oc2ccc(Nc3ncc(F)c(NC4CC5CCCN5C(C)(C)C4)n3)cc2N(C2CC2=N)C1=N. The summed E-state index contributed by atoms with van der Waals surface area (Å²) < 4.78 is 20.8. The molecule has 1 aromatic heterocycles. The maximum Gasteiger partial charge on any atom is 0.229 e. The summed E-state index contributed by atoms with van der Waals surface area (Å²) in [6.45, 7) is 9.41. The van der Waals surface area contributed by atoms with E-state index in [9.17, 15) is 4.39 Å². The zero-order valence-electron chi connectivity index (χ0n) is 21.9. The lowest BCUT2D eigenvalue weighted by atomic mass is 9.84. The predicted octanol–water partition coefficient (Wildman–Crippen LogP) is 4.92. The maximum absolute atomic E-state index is 14.8. The van der Waals surface area contributed by atoms with Crippen LogP contribution in [0.3, 0.4) is 0 Å². The molecule has 3 unspecified atom stereocenters. The second-order valence-corrected chi connectivity index (χ2v) is 11.9. The van der Waals surface area contributed by atoms with E-state index >= 15 is 0 Å². The van der Waals surface area contributed by atoms with Gasteiger partial charge in [0.25, 0.3) is 0 Å². The van der Waals surface area contributed by atoms with Crippen molar-refractivity contribution in [3.05, 3.63) is 30.2 Å². The molecule has 196 valence electrons. The van der Waals surface area contributed by atoms with Crippen LogP contribution >= 0.6 is 0 Å². The van der Waals surface area contributed by atoms with Crippen LogP contribution in [-0.2, 0) is 0 Å². The zero-order chi connectivity index (χ0) is 26.1. The van der Waals surface area contributed by atoms with Gasteiger partial charge < -0.3 is 25.7 Å². The molecule has 3 fully saturated rings. The van der Waals surface area contributed by atoms with Crippen LogP contribution < -0.4 is 20.3 Å². The molecule has 37 heavy (non-hydrogen) atoms. The van der Waals surface area contributed by atoms with Gasteiger partial charge in [-0.15, -0.1) is 0 Å². The van der Waals surface area contributed by atoms with Gasteiger partial charge in [0, 0.05) is 35.4 Å². The number of halogens is 1. The molecule has 1 aromatic carbocycles. The van der Waals surface area contributed by atoms with Crippen molar-refractivity contribution in [3.63, 3.8) is 0 Å². The Hall–Kier alpha value is -3.27. The fourth-order valence-electron chi connectivity index (χ4n) is 6.29. The van der Waals surface area contributed by atoms with Crippen LogP contribution in [0.15, 0.2) is 24.4 Å². The lowest BCUT2D eigenvalue weighted by Gasteiger charge is -2.47. The average molecular weight is 507 g/mol. The van der Waals surface area contributed by atoms with Crippen molar-refractivity contribution >= 4 is 34.7 Å². The van der Waals surface area contributed by atoms with Crippen molar-refractivity contribution in [2.45, 2.75) is 89.1 Å². The van der Waals surface area contributed by atoms with Crippen molar-refractivity contribution in [1.82, 2.24) is 14.9 Å². The lowest BCUT2D eigenvalue weighted by Crippen LogP contribution is -2.55. The third-order valence-electron chi connectivity index (χ3n) is 8.16. The maximum atomic E-state index is 14.8. The Labute approximate surface area is 216 Å². The third-order valence-corrected chi connectivity index (χ3v) is 8.16. The molecule has 9 nitrogen and oxygen atoms in total. The first-order valence-electron chi connectivity index (χ1n) is 13.1. The number of nitrogens with zero attached hydrogens (tertiary/aromatic N) is 4.